The van der Waals surface area contributed by atoms with Crippen LogP contribution >= 0.6 is 0 Å². The fraction of sp³-hybridized carbons (Fsp3) is 0.250. The number of nitrogen functional groups attached to an aromatic ring is 1. The van der Waals surface area contributed by atoms with E-state index in [0.717, 1.165) is 5.56 Å². The topological polar surface area (TPSA) is 101 Å². The maximum absolute atomic E-state index is 11.8. The van der Waals surface area contributed by atoms with Crippen LogP contribution in [0.15, 0.2) is 36.5 Å². The van der Waals surface area contributed by atoms with Crippen LogP contribution < -0.4 is 10.5 Å². The Hall–Kier alpha value is -1.86. The third-order valence-electron chi connectivity index (χ3n) is 2.74. The lowest BCUT2D eigenvalue weighted by Crippen LogP contribution is -2.27. The summed E-state index contributed by atoms with van der Waals surface area (Å²) >= 11 is 0. The molecule has 0 saturated heterocycles. The first-order chi connectivity index (χ1) is 9.07. The largest absolute Gasteiger partial charge is 0.384 e. The summed E-state index contributed by atoms with van der Waals surface area (Å²) in [5, 5.41) is 6.29. The summed E-state index contributed by atoms with van der Waals surface area (Å²) in [6.45, 7) is 0.152. The number of nitrogens with two attached hydrogens (primary N) is 1. The van der Waals surface area contributed by atoms with Gasteiger partial charge in [-0.1, -0.05) is 30.3 Å². The molecule has 1 aromatic carbocycles. The van der Waals surface area contributed by atoms with E-state index in [-0.39, 0.29) is 12.3 Å². The second kappa shape index (κ2) is 5.85. The highest BCUT2D eigenvalue weighted by molar-refractivity contribution is 7.89. The normalized spacial score (nSPS) is 11.6. The lowest BCUT2D eigenvalue weighted by Gasteiger charge is -2.06. The van der Waals surface area contributed by atoms with Gasteiger partial charge in [-0.2, -0.15) is 5.10 Å². The molecule has 6 nitrogen and oxygen atoms in total. The number of aryl methyl sites for hydroxylation is 1. The predicted octanol–water partition coefficient (Wildman–Crippen LogP) is 0.654. The predicted molar refractivity (Wildman–Crippen MR) is 73.8 cm³/mol. The van der Waals surface area contributed by atoms with Crippen molar-refractivity contribution in [3.05, 3.63) is 47.7 Å². The Bertz CT molecular complexity index is 622. The van der Waals surface area contributed by atoms with Crippen LogP contribution in [0.4, 0.5) is 5.82 Å². The molecule has 0 aliphatic rings. The first-order valence-electron chi connectivity index (χ1n) is 5.86. The van der Waals surface area contributed by atoms with E-state index in [0.29, 0.717) is 17.8 Å². The molecule has 0 fully saturated rings. The Balaban J connectivity index is 1.87. The average Bonchev–Trinajstić information content (AvgIpc) is 2.81. The summed E-state index contributed by atoms with van der Waals surface area (Å²) < 4.78 is 26.2. The Kier molecular flexibility index (Phi) is 4.18. The summed E-state index contributed by atoms with van der Waals surface area (Å²) in [5.41, 5.74) is 7.22. The fourth-order valence-corrected chi connectivity index (χ4v) is 2.64. The number of hydrogen-bond donors (Lipinski definition) is 3. The van der Waals surface area contributed by atoms with Gasteiger partial charge in [-0.15, -0.1) is 0 Å². The van der Waals surface area contributed by atoms with Gasteiger partial charge >= 0.3 is 0 Å². The highest BCUT2D eigenvalue weighted by atomic mass is 32.2. The smallest absolute Gasteiger partial charge is 0.212 e. The van der Waals surface area contributed by atoms with Crippen molar-refractivity contribution >= 4 is 15.8 Å². The number of aromatic amines is 1. The minimum absolute atomic E-state index is 0.0504. The molecule has 102 valence electrons. The number of benzene rings is 1. The van der Waals surface area contributed by atoms with E-state index < -0.39 is 10.0 Å². The van der Waals surface area contributed by atoms with Gasteiger partial charge in [-0.25, -0.2) is 13.1 Å². The van der Waals surface area contributed by atoms with Crippen LogP contribution in [0.1, 0.15) is 11.1 Å². The minimum Gasteiger partial charge on any atom is -0.384 e. The molecule has 0 aliphatic heterocycles. The Labute approximate surface area is 112 Å². The Morgan fingerprint density at radius 2 is 2.00 bits per heavy atom. The van der Waals surface area contributed by atoms with Crippen LogP contribution in [0, 0.1) is 0 Å². The molecular weight excluding hydrogens is 264 g/mol. The zero-order valence-electron chi connectivity index (χ0n) is 10.3. The summed E-state index contributed by atoms with van der Waals surface area (Å²) in [7, 11) is -3.32. The van der Waals surface area contributed by atoms with Gasteiger partial charge in [0.15, 0.2) is 0 Å². The van der Waals surface area contributed by atoms with E-state index in [4.69, 9.17) is 5.73 Å². The highest BCUT2D eigenvalue weighted by Crippen LogP contribution is 2.06. The number of anilines is 1. The maximum atomic E-state index is 11.8. The molecule has 19 heavy (non-hydrogen) atoms. The van der Waals surface area contributed by atoms with Crippen molar-refractivity contribution in [3.8, 4) is 0 Å². The molecule has 0 radical (unpaired) electrons. The number of rotatable bonds is 6. The van der Waals surface area contributed by atoms with Gasteiger partial charge in [-0.05, 0) is 12.0 Å². The monoisotopic (exact) mass is 280 g/mol. The second-order valence-corrected chi connectivity index (χ2v) is 6.11. The van der Waals surface area contributed by atoms with Gasteiger partial charge in [0.2, 0.25) is 10.0 Å². The molecule has 2 aromatic rings. The van der Waals surface area contributed by atoms with Crippen molar-refractivity contribution in [3.63, 3.8) is 0 Å². The van der Waals surface area contributed by atoms with Crippen LogP contribution in [0.3, 0.4) is 0 Å². The van der Waals surface area contributed by atoms with Gasteiger partial charge in [0.25, 0.3) is 0 Å². The Morgan fingerprint density at radius 1 is 1.26 bits per heavy atom. The molecule has 4 N–H and O–H groups in total. The van der Waals surface area contributed by atoms with Gasteiger partial charge in [0, 0.05) is 12.1 Å². The molecule has 0 bridgehead atoms. The number of hydrogen-bond acceptors (Lipinski definition) is 4. The summed E-state index contributed by atoms with van der Waals surface area (Å²) in [4.78, 5) is 0. The Morgan fingerprint density at radius 3 is 2.63 bits per heavy atom. The SMILES string of the molecule is Nc1[nH]ncc1CNS(=O)(=O)CCc1ccccc1. The van der Waals surface area contributed by atoms with E-state index in [1.54, 1.807) is 0 Å². The first-order valence-corrected chi connectivity index (χ1v) is 7.51. The molecule has 7 heteroatoms. The van der Waals surface area contributed by atoms with Gasteiger partial charge in [0.05, 0.1) is 11.9 Å². The van der Waals surface area contributed by atoms with E-state index in [1.165, 1.54) is 6.20 Å². The lowest BCUT2D eigenvalue weighted by molar-refractivity contribution is 0.580. The number of nitrogens with zero attached hydrogens (tertiary/aromatic N) is 1. The van der Waals surface area contributed by atoms with Crippen LogP contribution in [0.2, 0.25) is 0 Å². The molecule has 1 aromatic heterocycles. The van der Waals surface area contributed by atoms with E-state index in [2.05, 4.69) is 14.9 Å². The van der Waals surface area contributed by atoms with Crippen LogP contribution in [0.25, 0.3) is 0 Å². The van der Waals surface area contributed by atoms with Crippen molar-refractivity contribution in [2.24, 2.45) is 0 Å². The first kappa shape index (κ1) is 13.6. The average molecular weight is 280 g/mol. The number of aromatic nitrogens is 2. The molecular formula is C12H16N4O2S. The van der Waals surface area contributed by atoms with Crippen LogP contribution in [-0.4, -0.2) is 24.4 Å². The standard InChI is InChI=1S/C12H16N4O2S/c13-12-11(8-14-16-12)9-15-19(17,18)7-6-10-4-2-1-3-5-10/h1-5,8,15H,6-7,9H2,(H3,13,14,16). The molecule has 0 amide bonds. The van der Waals surface area contributed by atoms with Crippen molar-refractivity contribution < 1.29 is 8.42 Å². The minimum atomic E-state index is -3.32. The summed E-state index contributed by atoms with van der Waals surface area (Å²) in [6.07, 6.45) is 1.99. The molecule has 0 saturated carbocycles. The fourth-order valence-electron chi connectivity index (χ4n) is 1.62. The molecule has 2 rings (SSSR count). The van der Waals surface area contributed by atoms with Gasteiger partial charge in [0.1, 0.15) is 5.82 Å². The second-order valence-electron chi connectivity index (χ2n) is 4.18. The van der Waals surface area contributed by atoms with E-state index in [9.17, 15) is 8.42 Å². The lowest BCUT2D eigenvalue weighted by atomic mass is 10.2. The van der Waals surface area contributed by atoms with Crippen molar-refractivity contribution in [1.29, 1.82) is 0 Å². The highest BCUT2D eigenvalue weighted by Gasteiger charge is 2.11. The number of nitrogens with one attached hydrogen (secondary N) is 2. The molecule has 0 atom stereocenters. The van der Waals surface area contributed by atoms with Gasteiger partial charge < -0.3 is 5.73 Å². The molecule has 0 aliphatic carbocycles. The summed E-state index contributed by atoms with van der Waals surface area (Å²) in [6, 6.07) is 9.49. The van der Waals surface area contributed by atoms with Crippen LogP contribution in [0.5, 0.6) is 0 Å². The molecule has 0 unspecified atom stereocenters. The zero-order chi connectivity index (χ0) is 13.7. The van der Waals surface area contributed by atoms with E-state index >= 15 is 0 Å². The van der Waals surface area contributed by atoms with E-state index in [1.807, 2.05) is 30.3 Å². The van der Waals surface area contributed by atoms with Crippen molar-refractivity contribution in [1.82, 2.24) is 14.9 Å². The van der Waals surface area contributed by atoms with Gasteiger partial charge in [-0.3, -0.25) is 5.10 Å². The molecule has 1 heterocycles. The third-order valence-corrected chi connectivity index (χ3v) is 4.06. The molecule has 0 spiro atoms. The van der Waals surface area contributed by atoms with Crippen molar-refractivity contribution in [2.45, 2.75) is 13.0 Å². The third kappa shape index (κ3) is 4.08. The zero-order valence-corrected chi connectivity index (χ0v) is 11.2. The van der Waals surface area contributed by atoms with Crippen molar-refractivity contribution in [2.75, 3.05) is 11.5 Å². The summed E-state index contributed by atoms with van der Waals surface area (Å²) in [5.74, 6) is 0.431. The maximum Gasteiger partial charge on any atom is 0.212 e. The number of sulfonamides is 1. The quantitative estimate of drug-likeness (QED) is 0.723. The number of H-pyrrole nitrogens is 1. The van der Waals surface area contributed by atoms with Crippen LogP contribution in [-0.2, 0) is 23.0 Å².